The quantitative estimate of drug-likeness (QED) is 0.167. The molecule has 1 atom stereocenters. The largest absolute Gasteiger partial charge is 0.497 e. The summed E-state index contributed by atoms with van der Waals surface area (Å²) in [6.45, 7) is 6.20. The lowest BCUT2D eigenvalue weighted by atomic mass is 10.1. The van der Waals surface area contributed by atoms with Gasteiger partial charge in [-0.25, -0.2) is 9.37 Å². The molecule has 1 unspecified atom stereocenters. The van der Waals surface area contributed by atoms with E-state index in [2.05, 4.69) is 25.4 Å². The molecule has 6 rings (SSSR count). The third kappa shape index (κ3) is 7.03. The highest BCUT2D eigenvalue weighted by Gasteiger charge is 2.36. The van der Waals surface area contributed by atoms with Crippen LogP contribution in [0.3, 0.4) is 0 Å². The number of anilines is 6. The van der Waals surface area contributed by atoms with Crippen LogP contribution in [0, 0.1) is 5.82 Å². The molecule has 0 radical (unpaired) electrons. The number of benzene rings is 3. The predicted molar refractivity (Wildman–Crippen MR) is 182 cm³/mol. The molecule has 1 amide bonds. The lowest BCUT2D eigenvalue weighted by Crippen LogP contribution is -2.48. The van der Waals surface area contributed by atoms with Crippen LogP contribution in [-0.2, 0) is 13.1 Å². The highest BCUT2D eigenvalue weighted by Crippen LogP contribution is 2.38. The van der Waals surface area contributed by atoms with Gasteiger partial charge in [0.25, 0.3) is 5.91 Å². The Balaban J connectivity index is 1.28. The molecule has 2 aliphatic rings. The summed E-state index contributed by atoms with van der Waals surface area (Å²) in [6.07, 6.45) is -0.348. The molecule has 3 heterocycles. The average molecular weight is 642 g/mol. The number of nitrogens with zero attached hydrogens (tertiary/aromatic N) is 4. The maximum atomic E-state index is 16.1. The number of aromatic nitrogens is 1. The van der Waals surface area contributed by atoms with E-state index >= 15 is 4.39 Å². The number of aliphatic hydroxyl groups is 1. The van der Waals surface area contributed by atoms with Gasteiger partial charge in [-0.3, -0.25) is 9.69 Å². The number of fused-ring (bicyclic) bond motifs is 1. The highest BCUT2D eigenvalue weighted by atomic mass is 19.1. The number of ether oxygens (including phenoxy) is 2. The van der Waals surface area contributed by atoms with Crippen LogP contribution >= 0.6 is 0 Å². The summed E-state index contributed by atoms with van der Waals surface area (Å²) in [5.74, 6) is 0.495. The van der Waals surface area contributed by atoms with Crippen LogP contribution in [0.25, 0.3) is 0 Å². The number of β-amino-alcohol motifs (C(OH)–C–C–N with tert-alkyl or cyclic N) is 1. The Morgan fingerprint density at radius 1 is 0.957 bits per heavy atom. The third-order valence-corrected chi connectivity index (χ3v) is 8.48. The van der Waals surface area contributed by atoms with E-state index in [9.17, 15) is 9.90 Å². The molecule has 1 fully saturated rings. The van der Waals surface area contributed by atoms with Crippen LogP contribution in [0.2, 0.25) is 0 Å². The number of nitrogens with one attached hydrogen (secondary N) is 2. The number of aliphatic hydroxyl groups excluding tert-OH is 1. The van der Waals surface area contributed by atoms with E-state index in [0.29, 0.717) is 35.1 Å². The van der Waals surface area contributed by atoms with E-state index in [4.69, 9.17) is 15.2 Å². The molecule has 12 heteroatoms. The minimum Gasteiger partial charge on any atom is -0.497 e. The number of pyridine rings is 1. The maximum absolute atomic E-state index is 16.1. The van der Waals surface area contributed by atoms with Gasteiger partial charge in [0.15, 0.2) is 11.6 Å². The van der Waals surface area contributed by atoms with Crippen LogP contribution in [0.15, 0.2) is 66.7 Å². The molecule has 11 nitrogen and oxygen atoms in total. The molecule has 0 spiro atoms. The van der Waals surface area contributed by atoms with Gasteiger partial charge >= 0.3 is 0 Å². The standard InChI is InChI=1S/C35H40FN7O4/c1-22(44)19-41-13-15-42(16-14-41)27-10-8-25(9-11-27)38-33-31-29(32(36)34(40-33)39-26-6-4-5-24(37)17-26)21-43(35(31)45)20-23-7-12-28(46-2)18-30(23)47-3/h4-12,17-18,22,44H,13-16,19-21,37H2,1-3H3,(H2,38,39,40). The maximum Gasteiger partial charge on any atom is 0.258 e. The average Bonchev–Trinajstić information content (AvgIpc) is 3.39. The van der Waals surface area contributed by atoms with E-state index in [1.54, 1.807) is 55.5 Å². The zero-order valence-electron chi connectivity index (χ0n) is 26.8. The van der Waals surface area contributed by atoms with E-state index in [-0.39, 0.29) is 47.9 Å². The van der Waals surface area contributed by atoms with Gasteiger partial charge < -0.3 is 40.7 Å². The Bertz CT molecular complexity index is 1740. The molecule has 2 aliphatic heterocycles. The number of nitrogen functional groups attached to an aromatic ring is 1. The van der Waals surface area contributed by atoms with Gasteiger partial charge in [-0.1, -0.05) is 6.07 Å². The lowest BCUT2D eigenvalue weighted by Gasteiger charge is -2.36. The van der Waals surface area contributed by atoms with Gasteiger partial charge in [-0.05, 0) is 61.5 Å². The Kier molecular flexibility index (Phi) is 9.32. The number of carbonyl (C=O) groups excluding carboxylic acids is 1. The Morgan fingerprint density at radius 2 is 1.70 bits per heavy atom. The van der Waals surface area contributed by atoms with E-state index in [1.165, 1.54) is 0 Å². The van der Waals surface area contributed by atoms with Gasteiger partial charge in [0.2, 0.25) is 0 Å². The van der Waals surface area contributed by atoms with E-state index in [0.717, 1.165) is 37.4 Å². The van der Waals surface area contributed by atoms with E-state index < -0.39 is 5.82 Å². The van der Waals surface area contributed by atoms with Crippen LogP contribution in [0.1, 0.15) is 28.4 Å². The molecular formula is C35H40FN7O4. The second-order valence-electron chi connectivity index (χ2n) is 11.9. The van der Waals surface area contributed by atoms with Gasteiger partial charge in [-0.15, -0.1) is 0 Å². The van der Waals surface area contributed by atoms with Crippen molar-refractivity contribution in [1.29, 1.82) is 0 Å². The summed E-state index contributed by atoms with van der Waals surface area (Å²) in [5.41, 5.74) is 10.0. The smallest absolute Gasteiger partial charge is 0.258 e. The summed E-state index contributed by atoms with van der Waals surface area (Å²) in [7, 11) is 3.13. The Hall–Kier alpha value is -5.07. The molecule has 0 aliphatic carbocycles. The van der Waals surface area contributed by atoms with Crippen molar-refractivity contribution in [2.75, 3.05) is 68.2 Å². The topological polar surface area (TPSA) is 128 Å². The van der Waals surface area contributed by atoms with Crippen LogP contribution < -0.4 is 30.7 Å². The minimum absolute atomic E-state index is 0.0137. The number of methoxy groups -OCH3 is 2. The fourth-order valence-corrected chi connectivity index (χ4v) is 6.11. The number of rotatable bonds is 11. The number of piperazine rings is 1. The zero-order chi connectivity index (χ0) is 33.1. The zero-order valence-corrected chi connectivity index (χ0v) is 26.8. The van der Waals surface area contributed by atoms with Crippen LogP contribution in [0.5, 0.6) is 11.5 Å². The summed E-state index contributed by atoms with van der Waals surface area (Å²) >= 11 is 0. The second kappa shape index (κ2) is 13.7. The summed E-state index contributed by atoms with van der Waals surface area (Å²) in [5, 5.41) is 16.1. The van der Waals surface area contributed by atoms with Gasteiger partial charge in [0.05, 0.1) is 32.4 Å². The van der Waals surface area contributed by atoms with Crippen molar-refractivity contribution in [3.8, 4) is 11.5 Å². The summed E-state index contributed by atoms with van der Waals surface area (Å²) < 4.78 is 27.0. The fraction of sp³-hybridized carbons (Fsp3) is 0.314. The third-order valence-electron chi connectivity index (χ3n) is 8.48. The van der Waals surface area contributed by atoms with Crippen LogP contribution in [-0.4, -0.2) is 78.8 Å². The lowest BCUT2D eigenvalue weighted by molar-refractivity contribution is 0.0766. The predicted octanol–water partition coefficient (Wildman–Crippen LogP) is 4.97. The van der Waals surface area contributed by atoms with Crippen molar-refractivity contribution in [1.82, 2.24) is 14.8 Å². The molecule has 1 aromatic heterocycles. The van der Waals surface area contributed by atoms with Gasteiger partial charge in [0, 0.05) is 79.2 Å². The number of hydrogen-bond donors (Lipinski definition) is 4. The molecular weight excluding hydrogens is 601 g/mol. The molecule has 5 N–H and O–H groups in total. The molecule has 47 heavy (non-hydrogen) atoms. The van der Waals surface area contributed by atoms with Gasteiger partial charge in [0.1, 0.15) is 17.3 Å². The SMILES string of the molecule is COc1ccc(CN2Cc3c(F)c(Nc4cccc(N)c4)nc(Nc4ccc(N5CCN(CC(C)O)CC5)cc4)c3C2=O)c(OC)c1. The van der Waals surface area contributed by atoms with Crippen molar-refractivity contribution < 1.29 is 23.8 Å². The van der Waals surface area contributed by atoms with Crippen molar-refractivity contribution in [3.05, 3.63) is 89.2 Å². The fourth-order valence-electron chi connectivity index (χ4n) is 6.11. The second-order valence-corrected chi connectivity index (χ2v) is 11.9. The van der Waals surface area contributed by atoms with Crippen molar-refractivity contribution in [2.45, 2.75) is 26.1 Å². The first-order valence-corrected chi connectivity index (χ1v) is 15.6. The monoisotopic (exact) mass is 641 g/mol. The van der Waals surface area contributed by atoms with Crippen molar-refractivity contribution in [3.63, 3.8) is 0 Å². The summed E-state index contributed by atoms with van der Waals surface area (Å²) in [6, 6.07) is 20.3. The molecule has 4 aromatic rings. The first kappa shape index (κ1) is 31.9. The first-order valence-electron chi connectivity index (χ1n) is 15.6. The van der Waals surface area contributed by atoms with Crippen molar-refractivity contribution in [2.24, 2.45) is 0 Å². The Morgan fingerprint density at radius 3 is 2.38 bits per heavy atom. The highest BCUT2D eigenvalue weighted by molar-refractivity contribution is 6.04. The minimum atomic E-state index is -0.601. The van der Waals surface area contributed by atoms with Gasteiger partial charge in [-0.2, -0.15) is 0 Å². The molecule has 0 saturated carbocycles. The van der Waals surface area contributed by atoms with Crippen molar-refractivity contribution >= 4 is 40.3 Å². The number of amides is 1. The van der Waals surface area contributed by atoms with Crippen LogP contribution in [0.4, 0.5) is 38.8 Å². The number of hydrogen-bond acceptors (Lipinski definition) is 10. The molecule has 0 bridgehead atoms. The summed E-state index contributed by atoms with van der Waals surface area (Å²) in [4.78, 5) is 24.6. The number of carbonyl (C=O) groups is 1. The number of halogens is 1. The number of nitrogens with two attached hydrogens (primary N) is 1. The Labute approximate surface area is 273 Å². The molecule has 1 saturated heterocycles. The van der Waals surface area contributed by atoms with E-state index in [1.807, 2.05) is 37.3 Å². The first-order chi connectivity index (χ1) is 22.7. The molecule has 3 aromatic carbocycles. The molecule has 246 valence electrons. The normalized spacial score (nSPS) is 15.4.